The quantitative estimate of drug-likeness (QED) is 0.332. The number of halogens is 1. The van der Waals surface area contributed by atoms with Gasteiger partial charge in [-0.15, -0.1) is 0 Å². The molecule has 0 saturated carbocycles. The monoisotopic (exact) mass is 445 g/mol. The lowest BCUT2D eigenvalue weighted by Gasteiger charge is -2.08. The van der Waals surface area contributed by atoms with Crippen LogP contribution in [0.5, 0.6) is 0 Å². The zero-order chi connectivity index (χ0) is 19.2. The topological polar surface area (TPSA) is 76.7 Å². The molecule has 0 bridgehead atoms. The Morgan fingerprint density at radius 2 is 1.96 bits per heavy atom. The summed E-state index contributed by atoms with van der Waals surface area (Å²) in [5.74, 6) is -0.572. The molecule has 1 aromatic heterocycles. The van der Waals surface area contributed by atoms with Crippen molar-refractivity contribution in [3.63, 3.8) is 0 Å². The minimum atomic E-state index is -1.13. The van der Waals surface area contributed by atoms with E-state index in [1.807, 2.05) is 48.7 Å². The maximum Gasteiger partial charge on any atom is 0.358 e. The summed E-state index contributed by atoms with van der Waals surface area (Å²) in [4.78, 5) is 16.1. The van der Waals surface area contributed by atoms with E-state index >= 15 is 0 Å². The second-order valence-electron chi connectivity index (χ2n) is 5.45. The molecule has 0 saturated heterocycles. The lowest BCUT2D eigenvalue weighted by atomic mass is 10.0. The molecule has 27 heavy (non-hydrogen) atoms. The second kappa shape index (κ2) is 8.88. The van der Waals surface area contributed by atoms with Crippen molar-refractivity contribution in [1.29, 1.82) is 0 Å². The third kappa shape index (κ3) is 4.78. The molecule has 0 fully saturated rings. The molecule has 138 valence electrons. The molecule has 0 unspecified atom stereocenters. The Morgan fingerprint density at radius 3 is 2.67 bits per heavy atom. The fourth-order valence-electron chi connectivity index (χ4n) is 2.45. The van der Waals surface area contributed by atoms with Crippen LogP contribution in [0.15, 0.2) is 75.4 Å². The van der Waals surface area contributed by atoms with E-state index < -0.39 is 5.97 Å². The number of carbonyl (C=O) groups is 1. The largest absolute Gasteiger partial charge is 0.476 e. The Bertz CT molecular complexity index is 970. The molecule has 8 heteroatoms. The number of carboxylic acid groups (broad SMARTS) is 1. The number of benzene rings is 2. The molecule has 3 aromatic rings. The highest BCUT2D eigenvalue weighted by molar-refractivity contribution is 9.10. The van der Waals surface area contributed by atoms with Gasteiger partial charge in [-0.05, 0) is 35.9 Å². The molecule has 2 aromatic carbocycles. The number of aliphatic carboxylic acids is 1. The van der Waals surface area contributed by atoms with E-state index in [4.69, 9.17) is 0 Å². The van der Waals surface area contributed by atoms with Gasteiger partial charge in [-0.1, -0.05) is 57.1 Å². The highest BCUT2D eigenvalue weighted by Crippen LogP contribution is 2.24. The summed E-state index contributed by atoms with van der Waals surface area (Å²) in [5.41, 5.74) is 2.23. The van der Waals surface area contributed by atoms with Crippen molar-refractivity contribution in [3.8, 4) is 5.69 Å². The van der Waals surface area contributed by atoms with E-state index in [0.29, 0.717) is 11.3 Å². The fourth-order valence-corrected chi connectivity index (χ4v) is 3.57. The molecule has 3 rings (SSSR count). The molecule has 0 spiro atoms. The summed E-state index contributed by atoms with van der Waals surface area (Å²) < 4.78 is 2.81. The number of nitrogens with zero attached hydrogens (tertiary/aromatic N) is 3. The van der Waals surface area contributed by atoms with E-state index in [9.17, 15) is 9.90 Å². The Kier molecular flexibility index (Phi) is 6.31. The number of rotatable bonds is 7. The second-order valence-corrected chi connectivity index (χ2v) is 7.36. The first-order chi connectivity index (χ1) is 13.1. The fraction of sp³-hybridized carbons (Fsp3) is 0.105. The van der Waals surface area contributed by atoms with E-state index in [0.717, 1.165) is 20.7 Å². The van der Waals surface area contributed by atoms with Crippen LogP contribution >= 0.6 is 27.7 Å². The van der Waals surface area contributed by atoms with Crippen LogP contribution in [0.3, 0.4) is 0 Å². The third-order valence-electron chi connectivity index (χ3n) is 3.69. The molecule has 0 amide bonds. The average molecular weight is 446 g/mol. The Morgan fingerprint density at radius 1 is 1.22 bits per heavy atom. The Balaban J connectivity index is 1.77. The smallest absolute Gasteiger partial charge is 0.358 e. The average Bonchev–Trinajstić information content (AvgIpc) is 3.14. The molecule has 0 radical (unpaired) electrons. The van der Waals surface area contributed by atoms with Crippen LogP contribution in [0.4, 0.5) is 0 Å². The van der Waals surface area contributed by atoms with Gasteiger partial charge in [-0.2, -0.15) is 5.10 Å². The van der Waals surface area contributed by atoms with Crippen LogP contribution in [0.1, 0.15) is 11.1 Å². The standard InChI is InChI=1S/C19H16BrN3O3S/c1-26-22-18(19(24)25)16-5-3-2-4-13(16)12-27-17-10-11-23(21-17)15-8-6-14(20)7-9-15/h2-11H,12H2,1H3,(H,24,25)/b22-18-. The van der Waals surface area contributed by atoms with Crippen molar-refractivity contribution < 1.29 is 14.7 Å². The number of carboxylic acids is 1. The summed E-state index contributed by atoms with van der Waals surface area (Å²) in [5, 5.41) is 18.4. The first-order valence-electron chi connectivity index (χ1n) is 7.95. The van der Waals surface area contributed by atoms with Crippen LogP contribution in [0.25, 0.3) is 5.69 Å². The van der Waals surface area contributed by atoms with E-state index in [1.54, 1.807) is 16.8 Å². The Hall–Kier alpha value is -2.58. The van der Waals surface area contributed by atoms with Crippen LogP contribution in [-0.2, 0) is 15.4 Å². The summed E-state index contributed by atoms with van der Waals surface area (Å²) in [6.07, 6.45) is 1.90. The van der Waals surface area contributed by atoms with Gasteiger partial charge < -0.3 is 9.94 Å². The first-order valence-corrected chi connectivity index (χ1v) is 9.73. The number of oxime groups is 1. The van der Waals surface area contributed by atoms with Gasteiger partial charge in [-0.3, -0.25) is 0 Å². The molecule has 1 N–H and O–H groups in total. The van der Waals surface area contributed by atoms with Gasteiger partial charge in [0.05, 0.1) is 5.69 Å². The van der Waals surface area contributed by atoms with Gasteiger partial charge >= 0.3 is 5.97 Å². The Labute approximate surface area is 169 Å². The summed E-state index contributed by atoms with van der Waals surface area (Å²) >= 11 is 4.94. The molecule has 0 atom stereocenters. The first kappa shape index (κ1) is 19.2. The van der Waals surface area contributed by atoms with Crippen LogP contribution < -0.4 is 0 Å². The summed E-state index contributed by atoms with van der Waals surface area (Å²) in [7, 11) is 1.33. The minimum Gasteiger partial charge on any atom is -0.476 e. The lowest BCUT2D eigenvalue weighted by molar-refractivity contribution is -0.129. The normalized spacial score (nSPS) is 11.4. The van der Waals surface area contributed by atoms with E-state index in [-0.39, 0.29) is 5.71 Å². The van der Waals surface area contributed by atoms with Crippen molar-refractivity contribution in [2.45, 2.75) is 10.8 Å². The molecule has 0 aliphatic carbocycles. The van der Waals surface area contributed by atoms with E-state index in [1.165, 1.54) is 18.9 Å². The predicted molar refractivity (Wildman–Crippen MR) is 108 cm³/mol. The van der Waals surface area contributed by atoms with Crippen molar-refractivity contribution in [2.24, 2.45) is 5.16 Å². The molecule has 0 aliphatic heterocycles. The van der Waals surface area contributed by atoms with Gasteiger partial charge in [0, 0.05) is 22.0 Å². The molecular weight excluding hydrogens is 430 g/mol. The zero-order valence-corrected chi connectivity index (χ0v) is 16.8. The van der Waals surface area contributed by atoms with Crippen molar-refractivity contribution in [2.75, 3.05) is 7.11 Å². The van der Waals surface area contributed by atoms with Crippen molar-refractivity contribution >= 4 is 39.4 Å². The SMILES string of the molecule is CO/N=C(\C(=O)O)c1ccccc1CSc1ccn(-c2ccc(Br)cc2)n1. The lowest BCUT2D eigenvalue weighted by Crippen LogP contribution is -2.16. The van der Waals surface area contributed by atoms with Gasteiger partial charge in [0.2, 0.25) is 0 Å². The highest BCUT2D eigenvalue weighted by Gasteiger charge is 2.17. The van der Waals surface area contributed by atoms with Crippen molar-refractivity contribution in [3.05, 3.63) is 76.4 Å². The maximum atomic E-state index is 11.5. The van der Waals surface area contributed by atoms with Crippen LogP contribution in [-0.4, -0.2) is 33.7 Å². The van der Waals surface area contributed by atoms with Crippen molar-refractivity contribution in [1.82, 2.24) is 9.78 Å². The van der Waals surface area contributed by atoms with Crippen LogP contribution in [0, 0.1) is 0 Å². The number of hydrogen-bond acceptors (Lipinski definition) is 5. The molecule has 0 aliphatic rings. The third-order valence-corrected chi connectivity index (χ3v) is 5.19. The number of aromatic nitrogens is 2. The van der Waals surface area contributed by atoms with Gasteiger partial charge in [0.1, 0.15) is 12.1 Å². The predicted octanol–water partition coefficient (Wildman–Crippen LogP) is 4.36. The highest BCUT2D eigenvalue weighted by atomic mass is 79.9. The molecule has 1 heterocycles. The van der Waals surface area contributed by atoms with Gasteiger partial charge in [0.15, 0.2) is 5.71 Å². The number of thioether (sulfide) groups is 1. The maximum absolute atomic E-state index is 11.5. The minimum absolute atomic E-state index is 0.117. The van der Waals surface area contributed by atoms with Crippen LogP contribution in [0.2, 0.25) is 0 Å². The molecular formula is C19H16BrN3O3S. The summed E-state index contributed by atoms with van der Waals surface area (Å²) in [6, 6.07) is 17.0. The van der Waals surface area contributed by atoms with E-state index in [2.05, 4.69) is 31.0 Å². The van der Waals surface area contributed by atoms with Gasteiger partial charge in [0.25, 0.3) is 0 Å². The summed E-state index contributed by atoms with van der Waals surface area (Å²) in [6.45, 7) is 0. The zero-order valence-electron chi connectivity index (χ0n) is 14.4. The molecule has 6 nitrogen and oxygen atoms in total. The van der Waals surface area contributed by atoms with Gasteiger partial charge in [-0.25, -0.2) is 9.48 Å². The number of hydrogen-bond donors (Lipinski definition) is 1.